The molecule has 0 heterocycles. The van der Waals surface area contributed by atoms with Crippen LogP contribution in [0.3, 0.4) is 0 Å². The van der Waals surface area contributed by atoms with Crippen LogP contribution in [-0.2, 0) is 33.5 Å². The fourth-order valence-corrected chi connectivity index (χ4v) is 6.13. The molecular weight excluding hydrogens is 456 g/mol. The molecule has 1 unspecified atom stereocenters. The Labute approximate surface area is 226 Å². The standard InChI is InChI=1S/C34H52O3/c1-30(2,3)23-14-21-13-22-15-24(31(4,5)6)17-26(33(10,11)12)29(22)34(19-36,20-37)27(18-35)28(21)25(16-23)32(7,8)9/h14-17,27,35-37H,13,18-20H2,1-12H3. The molecule has 0 aromatic heterocycles. The van der Waals surface area contributed by atoms with Crippen molar-refractivity contribution in [2.24, 2.45) is 0 Å². The number of rotatable bonds is 3. The molecule has 3 N–H and O–H groups in total. The Kier molecular flexibility index (Phi) is 7.67. The Morgan fingerprint density at radius 1 is 0.622 bits per heavy atom. The quantitative estimate of drug-likeness (QED) is 0.428. The van der Waals surface area contributed by atoms with E-state index in [1.165, 1.54) is 22.3 Å². The SMILES string of the molecule is CC(C)(C)c1cc2c(c(C(C)(C)C)c1)C(CO)C(CO)(CO)c1c(cc(C(C)(C)C)cc1C(C)(C)C)C2. The van der Waals surface area contributed by atoms with E-state index in [4.69, 9.17) is 0 Å². The maximum Gasteiger partial charge on any atom is 0.0557 e. The summed E-state index contributed by atoms with van der Waals surface area (Å²) in [5.41, 5.74) is 7.89. The van der Waals surface area contributed by atoms with Gasteiger partial charge in [0.2, 0.25) is 0 Å². The minimum Gasteiger partial charge on any atom is -0.396 e. The average Bonchev–Trinajstić information content (AvgIpc) is 2.86. The van der Waals surface area contributed by atoms with Gasteiger partial charge in [0.05, 0.1) is 25.2 Å². The highest BCUT2D eigenvalue weighted by molar-refractivity contribution is 5.59. The van der Waals surface area contributed by atoms with Crippen molar-refractivity contribution in [3.63, 3.8) is 0 Å². The topological polar surface area (TPSA) is 60.7 Å². The molecule has 2 aromatic carbocycles. The van der Waals surface area contributed by atoms with Crippen LogP contribution in [0.25, 0.3) is 0 Å². The Morgan fingerprint density at radius 2 is 1.05 bits per heavy atom. The van der Waals surface area contributed by atoms with Crippen LogP contribution in [0.2, 0.25) is 0 Å². The lowest BCUT2D eigenvalue weighted by molar-refractivity contribution is 0.0702. The van der Waals surface area contributed by atoms with Crippen molar-refractivity contribution in [3.05, 3.63) is 68.8 Å². The third-order valence-electron chi connectivity index (χ3n) is 8.47. The molecule has 1 aliphatic carbocycles. The lowest BCUT2D eigenvalue weighted by atomic mass is 9.62. The first-order valence-corrected chi connectivity index (χ1v) is 13.9. The molecule has 0 bridgehead atoms. The van der Waals surface area contributed by atoms with E-state index in [2.05, 4.69) is 107 Å². The van der Waals surface area contributed by atoms with Crippen LogP contribution >= 0.6 is 0 Å². The zero-order valence-electron chi connectivity index (χ0n) is 25.6. The summed E-state index contributed by atoms with van der Waals surface area (Å²) < 4.78 is 0. The van der Waals surface area contributed by atoms with Crippen LogP contribution < -0.4 is 0 Å². The van der Waals surface area contributed by atoms with Crippen LogP contribution in [0.15, 0.2) is 24.3 Å². The van der Waals surface area contributed by atoms with Gasteiger partial charge in [0, 0.05) is 5.92 Å². The molecule has 3 heteroatoms. The average molecular weight is 509 g/mol. The maximum absolute atomic E-state index is 11.2. The Bertz CT molecular complexity index is 1140. The van der Waals surface area contributed by atoms with Crippen molar-refractivity contribution < 1.29 is 15.3 Å². The Hall–Kier alpha value is -1.68. The fraction of sp³-hybridized carbons (Fsp3) is 0.647. The van der Waals surface area contributed by atoms with Gasteiger partial charge in [0.15, 0.2) is 0 Å². The monoisotopic (exact) mass is 508 g/mol. The van der Waals surface area contributed by atoms with Gasteiger partial charge in [-0.05, 0) is 72.6 Å². The summed E-state index contributed by atoms with van der Waals surface area (Å²) in [6.45, 7) is 26.1. The summed E-state index contributed by atoms with van der Waals surface area (Å²) in [4.78, 5) is 0. The number of fused-ring (bicyclic) bond motifs is 2. The number of hydrogen-bond acceptors (Lipinski definition) is 3. The van der Waals surface area contributed by atoms with Gasteiger partial charge in [-0.2, -0.15) is 0 Å². The molecule has 0 saturated heterocycles. The molecule has 0 amide bonds. The minimum atomic E-state index is -1.00. The normalized spacial score (nSPS) is 18.3. The summed E-state index contributed by atoms with van der Waals surface area (Å²) in [7, 11) is 0. The first-order valence-electron chi connectivity index (χ1n) is 13.9. The maximum atomic E-state index is 11.2. The first-order chi connectivity index (χ1) is 16.7. The predicted octanol–water partition coefficient (Wildman–Crippen LogP) is 6.78. The van der Waals surface area contributed by atoms with E-state index >= 15 is 0 Å². The van der Waals surface area contributed by atoms with Gasteiger partial charge in [0.25, 0.3) is 0 Å². The van der Waals surface area contributed by atoms with Gasteiger partial charge in [-0.3, -0.25) is 0 Å². The van der Waals surface area contributed by atoms with Crippen LogP contribution in [0, 0.1) is 0 Å². The molecule has 3 nitrogen and oxygen atoms in total. The van der Waals surface area contributed by atoms with Gasteiger partial charge in [-0.1, -0.05) is 107 Å². The zero-order valence-corrected chi connectivity index (χ0v) is 25.6. The second-order valence-corrected chi connectivity index (χ2v) is 15.5. The van der Waals surface area contributed by atoms with Gasteiger partial charge in [-0.15, -0.1) is 0 Å². The van der Waals surface area contributed by atoms with Crippen molar-refractivity contribution in [3.8, 4) is 0 Å². The summed E-state index contributed by atoms with van der Waals surface area (Å²) in [6.07, 6.45) is 0.711. The minimum absolute atomic E-state index is 0.0340. The predicted molar refractivity (Wildman–Crippen MR) is 156 cm³/mol. The van der Waals surface area contributed by atoms with Crippen LogP contribution in [0.4, 0.5) is 0 Å². The Balaban J connectivity index is 2.61. The smallest absolute Gasteiger partial charge is 0.0557 e. The van der Waals surface area contributed by atoms with E-state index in [0.29, 0.717) is 6.42 Å². The first kappa shape index (κ1) is 29.9. The molecule has 206 valence electrons. The van der Waals surface area contributed by atoms with E-state index < -0.39 is 11.3 Å². The lowest BCUT2D eigenvalue weighted by Gasteiger charge is -2.43. The van der Waals surface area contributed by atoms with Crippen molar-refractivity contribution in [1.82, 2.24) is 0 Å². The van der Waals surface area contributed by atoms with Gasteiger partial charge < -0.3 is 15.3 Å². The molecule has 1 atom stereocenters. The lowest BCUT2D eigenvalue weighted by Crippen LogP contribution is -2.45. The summed E-state index contributed by atoms with van der Waals surface area (Å²) in [5.74, 6) is -0.427. The number of aliphatic hydroxyl groups excluding tert-OH is 3. The highest BCUT2D eigenvalue weighted by atomic mass is 16.3. The zero-order chi connectivity index (χ0) is 28.4. The van der Waals surface area contributed by atoms with Crippen molar-refractivity contribution in [1.29, 1.82) is 0 Å². The molecule has 0 aliphatic heterocycles. The van der Waals surface area contributed by atoms with Crippen LogP contribution in [0.1, 0.15) is 134 Å². The Morgan fingerprint density at radius 3 is 1.43 bits per heavy atom. The fourth-order valence-electron chi connectivity index (χ4n) is 6.13. The molecule has 37 heavy (non-hydrogen) atoms. The second-order valence-electron chi connectivity index (χ2n) is 15.5. The van der Waals surface area contributed by atoms with E-state index in [0.717, 1.165) is 22.3 Å². The molecule has 3 rings (SSSR count). The van der Waals surface area contributed by atoms with Crippen LogP contribution in [-0.4, -0.2) is 35.1 Å². The molecule has 1 aliphatic rings. The van der Waals surface area contributed by atoms with Crippen LogP contribution in [0.5, 0.6) is 0 Å². The van der Waals surface area contributed by atoms with Gasteiger partial charge in [0.1, 0.15) is 0 Å². The second kappa shape index (κ2) is 9.50. The molecule has 0 radical (unpaired) electrons. The number of hydrogen-bond donors (Lipinski definition) is 3. The summed E-state index contributed by atoms with van der Waals surface area (Å²) in [5, 5.41) is 33.4. The van der Waals surface area contributed by atoms with Gasteiger partial charge >= 0.3 is 0 Å². The van der Waals surface area contributed by atoms with Crippen molar-refractivity contribution in [2.75, 3.05) is 19.8 Å². The molecule has 2 aromatic rings. The summed E-state index contributed by atoms with van der Waals surface area (Å²) >= 11 is 0. The summed E-state index contributed by atoms with van der Waals surface area (Å²) in [6, 6.07) is 9.22. The van der Waals surface area contributed by atoms with E-state index in [1.54, 1.807) is 0 Å². The number of benzene rings is 2. The third-order valence-corrected chi connectivity index (χ3v) is 8.47. The highest BCUT2D eigenvalue weighted by Gasteiger charge is 2.48. The highest BCUT2D eigenvalue weighted by Crippen LogP contribution is 2.52. The van der Waals surface area contributed by atoms with E-state index in [1.807, 2.05) is 0 Å². The van der Waals surface area contributed by atoms with Crippen molar-refractivity contribution in [2.45, 2.75) is 122 Å². The van der Waals surface area contributed by atoms with Crippen molar-refractivity contribution >= 4 is 0 Å². The molecule has 0 saturated carbocycles. The van der Waals surface area contributed by atoms with Gasteiger partial charge in [-0.25, -0.2) is 0 Å². The number of aliphatic hydroxyl groups is 3. The van der Waals surface area contributed by atoms with E-state index in [-0.39, 0.29) is 41.5 Å². The molecular formula is C34H52O3. The van der Waals surface area contributed by atoms with E-state index in [9.17, 15) is 15.3 Å². The molecule has 0 fully saturated rings. The molecule has 0 spiro atoms. The third kappa shape index (κ3) is 5.29. The largest absolute Gasteiger partial charge is 0.396 e.